The van der Waals surface area contributed by atoms with E-state index in [9.17, 15) is 4.79 Å². The molecule has 1 heterocycles. The van der Waals surface area contributed by atoms with Crippen LogP contribution < -0.4 is 10.3 Å². The number of carbonyl (C=O) groups excluding carboxylic acids is 1. The molecule has 1 aliphatic heterocycles. The molecule has 0 atom stereocenters. The molecule has 2 aromatic carbocycles. The summed E-state index contributed by atoms with van der Waals surface area (Å²) in [5.74, 6) is -0.224. The van der Waals surface area contributed by atoms with Gasteiger partial charge in [-0.1, -0.05) is 18.2 Å². The average Bonchev–Trinajstić information content (AvgIpc) is 2.69. The van der Waals surface area contributed by atoms with Gasteiger partial charge < -0.3 is 9.64 Å². The maximum Gasteiger partial charge on any atom is 0.271 e. The van der Waals surface area contributed by atoms with Gasteiger partial charge in [-0.25, -0.2) is 5.43 Å². The number of hydrazone groups is 1. The predicted octanol–water partition coefficient (Wildman–Crippen LogP) is 3.11. The number of morpholine rings is 1. The standard InChI is InChI=1S/C21H25BrN4O2/c1-25(2)20-8-5-17(13-19(20)22)14-23-24-21(27)18-6-3-16(4-7-18)15-26-9-11-28-12-10-26/h3-8,13-14H,9-12,15H2,1-2H3,(H,24,27). The lowest BCUT2D eigenvalue weighted by atomic mass is 10.1. The molecule has 1 saturated heterocycles. The zero-order chi connectivity index (χ0) is 19.9. The van der Waals surface area contributed by atoms with Crippen LogP contribution in [-0.4, -0.2) is 57.4 Å². The lowest BCUT2D eigenvalue weighted by Crippen LogP contribution is -2.35. The van der Waals surface area contributed by atoms with Gasteiger partial charge >= 0.3 is 0 Å². The maximum atomic E-state index is 12.3. The van der Waals surface area contributed by atoms with Gasteiger partial charge in [0.2, 0.25) is 0 Å². The van der Waals surface area contributed by atoms with E-state index in [1.165, 1.54) is 5.56 Å². The van der Waals surface area contributed by atoms with Crippen LogP contribution in [0.25, 0.3) is 0 Å². The number of rotatable bonds is 6. The number of anilines is 1. The molecule has 0 bridgehead atoms. The summed E-state index contributed by atoms with van der Waals surface area (Å²) in [7, 11) is 3.97. The van der Waals surface area contributed by atoms with Gasteiger partial charge in [-0.05, 0) is 51.3 Å². The van der Waals surface area contributed by atoms with Gasteiger partial charge in [0.05, 0.1) is 25.1 Å². The van der Waals surface area contributed by atoms with Crippen molar-refractivity contribution in [3.05, 3.63) is 63.6 Å². The summed E-state index contributed by atoms with van der Waals surface area (Å²) in [6.07, 6.45) is 1.63. The van der Waals surface area contributed by atoms with Crippen LogP contribution in [0.15, 0.2) is 52.0 Å². The molecule has 0 radical (unpaired) electrons. The molecule has 28 heavy (non-hydrogen) atoms. The van der Waals surface area contributed by atoms with Crippen LogP contribution >= 0.6 is 15.9 Å². The van der Waals surface area contributed by atoms with E-state index in [4.69, 9.17) is 4.74 Å². The number of amides is 1. The predicted molar refractivity (Wildman–Crippen MR) is 116 cm³/mol. The topological polar surface area (TPSA) is 57.2 Å². The van der Waals surface area contributed by atoms with E-state index in [2.05, 4.69) is 31.4 Å². The van der Waals surface area contributed by atoms with Crippen LogP contribution in [0.2, 0.25) is 0 Å². The molecule has 1 N–H and O–H groups in total. The fourth-order valence-electron chi connectivity index (χ4n) is 2.98. The Morgan fingerprint density at radius 1 is 1.21 bits per heavy atom. The average molecular weight is 445 g/mol. The Labute approximate surface area is 174 Å². The summed E-state index contributed by atoms with van der Waals surface area (Å²) in [4.78, 5) is 16.7. The van der Waals surface area contributed by atoms with Crippen molar-refractivity contribution < 1.29 is 9.53 Å². The van der Waals surface area contributed by atoms with Crippen molar-refractivity contribution in [1.82, 2.24) is 10.3 Å². The Hall–Kier alpha value is -2.22. The van der Waals surface area contributed by atoms with Crippen molar-refractivity contribution in [2.24, 2.45) is 5.10 Å². The Morgan fingerprint density at radius 3 is 2.57 bits per heavy atom. The summed E-state index contributed by atoms with van der Waals surface area (Å²) in [5.41, 5.74) is 6.34. The number of halogens is 1. The van der Waals surface area contributed by atoms with Crippen molar-refractivity contribution in [2.45, 2.75) is 6.54 Å². The lowest BCUT2D eigenvalue weighted by Gasteiger charge is -2.26. The van der Waals surface area contributed by atoms with E-state index in [1.807, 2.05) is 61.5 Å². The minimum atomic E-state index is -0.224. The van der Waals surface area contributed by atoms with Crippen LogP contribution in [0.1, 0.15) is 21.5 Å². The van der Waals surface area contributed by atoms with Crippen molar-refractivity contribution in [2.75, 3.05) is 45.3 Å². The molecular weight excluding hydrogens is 420 g/mol. The Bertz CT molecular complexity index is 831. The molecule has 0 aromatic heterocycles. The highest BCUT2D eigenvalue weighted by atomic mass is 79.9. The molecule has 6 nitrogen and oxygen atoms in total. The van der Waals surface area contributed by atoms with Gasteiger partial charge in [0.15, 0.2) is 0 Å². The second-order valence-electron chi connectivity index (χ2n) is 6.89. The summed E-state index contributed by atoms with van der Waals surface area (Å²) >= 11 is 3.55. The summed E-state index contributed by atoms with van der Waals surface area (Å²) in [5, 5.41) is 4.07. The molecule has 1 aliphatic rings. The smallest absolute Gasteiger partial charge is 0.271 e. The molecule has 0 spiro atoms. The highest BCUT2D eigenvalue weighted by Gasteiger charge is 2.11. The molecular formula is C21H25BrN4O2. The quantitative estimate of drug-likeness (QED) is 0.549. The van der Waals surface area contributed by atoms with Crippen molar-refractivity contribution in [3.63, 3.8) is 0 Å². The molecule has 3 rings (SSSR count). The first kappa shape index (κ1) is 20.5. The van der Waals surface area contributed by atoms with Gasteiger partial charge in [-0.2, -0.15) is 5.10 Å². The molecule has 148 valence electrons. The molecule has 0 aliphatic carbocycles. The summed E-state index contributed by atoms with van der Waals surface area (Å²) < 4.78 is 6.34. The number of nitrogens with one attached hydrogen (secondary N) is 1. The van der Waals surface area contributed by atoms with Crippen LogP contribution in [0.5, 0.6) is 0 Å². The van der Waals surface area contributed by atoms with E-state index < -0.39 is 0 Å². The van der Waals surface area contributed by atoms with Gasteiger partial charge in [0, 0.05) is 43.8 Å². The third-order valence-electron chi connectivity index (χ3n) is 4.56. The lowest BCUT2D eigenvalue weighted by molar-refractivity contribution is 0.0342. The molecule has 0 saturated carbocycles. The maximum absolute atomic E-state index is 12.3. The van der Waals surface area contributed by atoms with Gasteiger partial charge in [-0.15, -0.1) is 0 Å². The van der Waals surface area contributed by atoms with Crippen molar-refractivity contribution in [3.8, 4) is 0 Å². The van der Waals surface area contributed by atoms with E-state index >= 15 is 0 Å². The third kappa shape index (κ3) is 5.64. The second-order valence-corrected chi connectivity index (χ2v) is 7.74. The molecule has 1 fully saturated rings. The number of nitrogens with zero attached hydrogens (tertiary/aromatic N) is 3. The zero-order valence-corrected chi connectivity index (χ0v) is 17.8. The van der Waals surface area contributed by atoms with Crippen LogP contribution in [0, 0.1) is 0 Å². The van der Waals surface area contributed by atoms with E-state index in [-0.39, 0.29) is 5.91 Å². The highest BCUT2D eigenvalue weighted by Crippen LogP contribution is 2.25. The first-order valence-corrected chi connectivity index (χ1v) is 10.0. The Kier molecular flexibility index (Phi) is 7.19. The van der Waals surface area contributed by atoms with E-state index in [0.29, 0.717) is 5.56 Å². The van der Waals surface area contributed by atoms with Gasteiger partial charge in [0.1, 0.15) is 0 Å². The largest absolute Gasteiger partial charge is 0.379 e. The Morgan fingerprint density at radius 2 is 1.93 bits per heavy atom. The molecule has 7 heteroatoms. The first-order chi connectivity index (χ1) is 13.5. The number of ether oxygens (including phenoxy) is 1. The van der Waals surface area contributed by atoms with Crippen LogP contribution in [0.3, 0.4) is 0 Å². The van der Waals surface area contributed by atoms with Crippen LogP contribution in [0.4, 0.5) is 5.69 Å². The number of hydrogen-bond donors (Lipinski definition) is 1. The van der Waals surface area contributed by atoms with E-state index in [0.717, 1.165) is 48.6 Å². The number of carbonyl (C=O) groups is 1. The van der Waals surface area contributed by atoms with Crippen molar-refractivity contribution in [1.29, 1.82) is 0 Å². The fraction of sp³-hybridized carbons (Fsp3) is 0.333. The molecule has 0 unspecified atom stereocenters. The number of benzene rings is 2. The van der Waals surface area contributed by atoms with Crippen molar-refractivity contribution >= 4 is 33.7 Å². The summed E-state index contributed by atoms with van der Waals surface area (Å²) in [6, 6.07) is 13.6. The number of hydrogen-bond acceptors (Lipinski definition) is 5. The minimum absolute atomic E-state index is 0.224. The zero-order valence-electron chi connectivity index (χ0n) is 16.2. The van der Waals surface area contributed by atoms with Crippen LogP contribution in [-0.2, 0) is 11.3 Å². The van der Waals surface area contributed by atoms with Gasteiger partial charge in [0.25, 0.3) is 5.91 Å². The monoisotopic (exact) mass is 444 g/mol. The second kappa shape index (κ2) is 9.82. The molecule has 1 amide bonds. The third-order valence-corrected chi connectivity index (χ3v) is 5.19. The summed E-state index contributed by atoms with van der Waals surface area (Å²) in [6.45, 7) is 4.34. The molecule has 2 aromatic rings. The Balaban J connectivity index is 1.54. The normalized spacial score (nSPS) is 15.0. The first-order valence-electron chi connectivity index (χ1n) is 9.22. The van der Waals surface area contributed by atoms with E-state index in [1.54, 1.807) is 6.21 Å². The SMILES string of the molecule is CN(C)c1ccc(C=NNC(=O)c2ccc(CN3CCOCC3)cc2)cc1Br. The minimum Gasteiger partial charge on any atom is -0.379 e. The van der Waals surface area contributed by atoms with Gasteiger partial charge in [-0.3, -0.25) is 9.69 Å². The fourth-order valence-corrected chi connectivity index (χ4v) is 3.73. The highest BCUT2D eigenvalue weighted by molar-refractivity contribution is 9.10.